The van der Waals surface area contributed by atoms with Crippen molar-refractivity contribution in [3.63, 3.8) is 0 Å². The van der Waals surface area contributed by atoms with E-state index < -0.39 is 11.4 Å². The molecule has 0 aromatic rings. The fraction of sp³-hybridized carbons (Fsp3) is 0.833. The number of hydrogen-bond donors (Lipinski definition) is 2. The zero-order valence-electron chi connectivity index (χ0n) is 10.2. The molecule has 1 fully saturated rings. The smallest absolute Gasteiger partial charge is 0.310 e. The average molecular weight is 227 g/mol. The number of aliphatic carboxylic acids is 1. The van der Waals surface area contributed by atoms with Crippen LogP contribution in [0.5, 0.6) is 0 Å². The van der Waals surface area contributed by atoms with Crippen molar-refractivity contribution in [1.82, 2.24) is 5.32 Å². The highest BCUT2D eigenvalue weighted by Gasteiger charge is 2.32. The van der Waals surface area contributed by atoms with Crippen LogP contribution in [0.15, 0.2) is 0 Å². The van der Waals surface area contributed by atoms with E-state index in [-0.39, 0.29) is 18.4 Å². The van der Waals surface area contributed by atoms with Gasteiger partial charge in [-0.2, -0.15) is 0 Å². The second kappa shape index (κ2) is 4.85. The minimum absolute atomic E-state index is 0.0133. The quantitative estimate of drug-likeness (QED) is 0.767. The molecule has 92 valence electrons. The largest absolute Gasteiger partial charge is 0.481 e. The molecule has 0 spiro atoms. The predicted octanol–water partition coefficient (Wildman–Crippen LogP) is 1.65. The van der Waals surface area contributed by atoms with E-state index in [1.807, 2.05) is 0 Å². The van der Waals surface area contributed by atoms with E-state index in [4.69, 9.17) is 5.11 Å². The predicted molar refractivity (Wildman–Crippen MR) is 60.9 cm³/mol. The molecule has 1 saturated carbocycles. The Hall–Kier alpha value is -1.06. The van der Waals surface area contributed by atoms with E-state index in [2.05, 4.69) is 12.2 Å². The third-order valence-corrected chi connectivity index (χ3v) is 3.48. The fourth-order valence-corrected chi connectivity index (χ4v) is 2.05. The Morgan fingerprint density at radius 3 is 2.44 bits per heavy atom. The lowest BCUT2D eigenvalue weighted by molar-refractivity contribution is -0.146. The second-order valence-electron chi connectivity index (χ2n) is 5.42. The molecule has 1 aliphatic rings. The monoisotopic (exact) mass is 227 g/mol. The lowest BCUT2D eigenvalue weighted by Gasteiger charge is -2.22. The maximum absolute atomic E-state index is 11.8. The van der Waals surface area contributed by atoms with Crippen LogP contribution in [0, 0.1) is 17.3 Å². The summed E-state index contributed by atoms with van der Waals surface area (Å²) in [6.07, 6.45) is 3.13. The molecule has 4 nitrogen and oxygen atoms in total. The van der Waals surface area contributed by atoms with Gasteiger partial charge in [0.2, 0.25) is 5.91 Å². The Morgan fingerprint density at radius 1 is 1.38 bits per heavy atom. The van der Waals surface area contributed by atoms with Crippen LogP contribution < -0.4 is 5.32 Å². The van der Waals surface area contributed by atoms with Gasteiger partial charge >= 0.3 is 5.97 Å². The average Bonchev–Trinajstić information content (AvgIpc) is 2.61. The summed E-state index contributed by atoms with van der Waals surface area (Å²) in [5, 5.41) is 11.7. The Balaban J connectivity index is 2.44. The standard InChI is InChI=1S/C12H21NO3/c1-8-5-4-6-9(8)10(14)13-7-12(2,3)11(15)16/h8-9H,4-7H2,1-3H3,(H,13,14)(H,15,16). The molecule has 16 heavy (non-hydrogen) atoms. The van der Waals surface area contributed by atoms with E-state index in [0.29, 0.717) is 5.92 Å². The van der Waals surface area contributed by atoms with Gasteiger partial charge in [-0.1, -0.05) is 13.3 Å². The zero-order chi connectivity index (χ0) is 12.3. The number of carbonyl (C=O) groups is 2. The summed E-state index contributed by atoms with van der Waals surface area (Å²) in [5.41, 5.74) is -0.891. The van der Waals surface area contributed by atoms with Crippen molar-refractivity contribution in [2.24, 2.45) is 17.3 Å². The minimum atomic E-state index is -0.891. The lowest BCUT2D eigenvalue weighted by atomic mass is 9.92. The van der Waals surface area contributed by atoms with Crippen molar-refractivity contribution in [3.05, 3.63) is 0 Å². The van der Waals surface area contributed by atoms with Crippen LogP contribution in [-0.4, -0.2) is 23.5 Å². The number of carboxylic acids is 1. The van der Waals surface area contributed by atoms with Gasteiger partial charge in [0, 0.05) is 12.5 Å². The summed E-state index contributed by atoms with van der Waals surface area (Å²) >= 11 is 0. The van der Waals surface area contributed by atoms with Gasteiger partial charge in [-0.05, 0) is 32.6 Å². The number of rotatable bonds is 4. The summed E-state index contributed by atoms with van der Waals surface area (Å²) in [5.74, 6) is -0.371. The number of hydrogen-bond acceptors (Lipinski definition) is 2. The lowest BCUT2D eigenvalue weighted by Crippen LogP contribution is -2.41. The van der Waals surface area contributed by atoms with Crippen LogP contribution >= 0.6 is 0 Å². The van der Waals surface area contributed by atoms with Gasteiger partial charge in [-0.15, -0.1) is 0 Å². The van der Waals surface area contributed by atoms with Crippen LogP contribution in [0.4, 0.5) is 0 Å². The van der Waals surface area contributed by atoms with Crippen LogP contribution in [0.3, 0.4) is 0 Å². The van der Waals surface area contributed by atoms with Gasteiger partial charge in [0.15, 0.2) is 0 Å². The Bertz CT molecular complexity index is 286. The van der Waals surface area contributed by atoms with E-state index in [1.54, 1.807) is 13.8 Å². The number of nitrogens with one attached hydrogen (secondary N) is 1. The van der Waals surface area contributed by atoms with Crippen LogP contribution in [0.2, 0.25) is 0 Å². The van der Waals surface area contributed by atoms with Crippen molar-refractivity contribution in [2.75, 3.05) is 6.54 Å². The molecule has 0 aliphatic heterocycles. The summed E-state index contributed by atoms with van der Waals surface area (Å²) in [4.78, 5) is 22.7. The minimum Gasteiger partial charge on any atom is -0.481 e. The van der Waals surface area contributed by atoms with Gasteiger partial charge in [-0.25, -0.2) is 0 Å². The summed E-state index contributed by atoms with van der Waals surface area (Å²) in [7, 11) is 0. The molecule has 1 aliphatic carbocycles. The maximum atomic E-state index is 11.8. The highest BCUT2D eigenvalue weighted by molar-refractivity contribution is 5.80. The maximum Gasteiger partial charge on any atom is 0.310 e. The number of carboxylic acid groups (broad SMARTS) is 1. The SMILES string of the molecule is CC1CCCC1C(=O)NCC(C)(C)C(=O)O. The molecule has 2 N–H and O–H groups in total. The first kappa shape index (κ1) is 13.0. The molecule has 0 aromatic carbocycles. The molecule has 4 heteroatoms. The first-order chi connectivity index (χ1) is 7.34. The van der Waals surface area contributed by atoms with Crippen LogP contribution in [-0.2, 0) is 9.59 Å². The molecule has 1 amide bonds. The van der Waals surface area contributed by atoms with E-state index >= 15 is 0 Å². The van der Waals surface area contributed by atoms with Gasteiger partial charge < -0.3 is 10.4 Å². The molecule has 2 unspecified atom stereocenters. The van der Waals surface area contributed by atoms with E-state index in [9.17, 15) is 9.59 Å². The fourth-order valence-electron chi connectivity index (χ4n) is 2.05. The molecule has 1 rings (SSSR count). The van der Waals surface area contributed by atoms with E-state index in [1.165, 1.54) is 0 Å². The molecule has 2 atom stereocenters. The van der Waals surface area contributed by atoms with Gasteiger partial charge in [0.1, 0.15) is 0 Å². The van der Waals surface area contributed by atoms with Crippen molar-refractivity contribution >= 4 is 11.9 Å². The van der Waals surface area contributed by atoms with Gasteiger partial charge in [0.25, 0.3) is 0 Å². The van der Waals surface area contributed by atoms with E-state index in [0.717, 1.165) is 19.3 Å². The summed E-state index contributed by atoms with van der Waals surface area (Å²) in [6.45, 7) is 5.52. The first-order valence-electron chi connectivity index (χ1n) is 5.85. The Labute approximate surface area is 96.4 Å². The van der Waals surface area contributed by atoms with Crippen LogP contribution in [0.1, 0.15) is 40.0 Å². The highest BCUT2D eigenvalue weighted by Crippen LogP contribution is 2.31. The van der Waals surface area contributed by atoms with Crippen molar-refractivity contribution in [2.45, 2.75) is 40.0 Å². The zero-order valence-corrected chi connectivity index (χ0v) is 10.2. The number of carbonyl (C=O) groups excluding carboxylic acids is 1. The van der Waals surface area contributed by atoms with Crippen LogP contribution in [0.25, 0.3) is 0 Å². The van der Waals surface area contributed by atoms with Crippen molar-refractivity contribution in [3.8, 4) is 0 Å². The third-order valence-electron chi connectivity index (χ3n) is 3.48. The summed E-state index contributed by atoms with van der Waals surface area (Å²) in [6, 6.07) is 0. The second-order valence-corrected chi connectivity index (χ2v) is 5.42. The van der Waals surface area contributed by atoms with Crippen molar-refractivity contribution < 1.29 is 14.7 Å². The Kier molecular flexibility index (Phi) is 3.94. The van der Waals surface area contributed by atoms with Crippen molar-refractivity contribution in [1.29, 1.82) is 0 Å². The Morgan fingerprint density at radius 2 is 2.00 bits per heavy atom. The highest BCUT2D eigenvalue weighted by atomic mass is 16.4. The third kappa shape index (κ3) is 2.97. The summed E-state index contributed by atoms with van der Waals surface area (Å²) < 4.78 is 0. The molecule has 0 saturated heterocycles. The molecule has 0 aromatic heterocycles. The van der Waals surface area contributed by atoms with Gasteiger partial charge in [-0.3, -0.25) is 9.59 Å². The number of amides is 1. The molecule has 0 bridgehead atoms. The molecular weight excluding hydrogens is 206 g/mol. The topological polar surface area (TPSA) is 66.4 Å². The normalized spacial score (nSPS) is 25.4. The molecular formula is C12H21NO3. The first-order valence-corrected chi connectivity index (χ1v) is 5.85. The van der Waals surface area contributed by atoms with Gasteiger partial charge in [0.05, 0.1) is 5.41 Å². The molecule has 0 heterocycles. The molecule has 0 radical (unpaired) electrons.